The van der Waals surface area contributed by atoms with Gasteiger partial charge in [0, 0.05) is 35.3 Å². The maximum atomic E-state index is 12.4. The second-order valence-corrected chi connectivity index (χ2v) is 9.53. The fraction of sp³-hybridized carbons (Fsp3) is 0.345. The van der Waals surface area contributed by atoms with Crippen LogP contribution in [0.15, 0.2) is 54.9 Å². The predicted molar refractivity (Wildman–Crippen MR) is 152 cm³/mol. The summed E-state index contributed by atoms with van der Waals surface area (Å²) in [6, 6.07) is 13.9. The van der Waals surface area contributed by atoms with Crippen molar-refractivity contribution in [1.29, 1.82) is 0 Å². The first kappa shape index (κ1) is 32.0. The standard InChI is InChI=1S/C24H23N6O2.C5H11NO.K/c1-15(31)21-22(17-9-11-29(32)12-10-17)28-24-19(14-27-30(24)23(21)25)18-7-8-20(26-13-18)16-5-3-2-4-6-16;1-2-3-4-6-5-7;/h2-8,13-14,17H,9-12,25H2,1H3;5H,2-4H2,1H3,(H,6,7);/q-1;;+1. The van der Waals surface area contributed by atoms with Crippen molar-refractivity contribution >= 4 is 23.7 Å². The Labute approximate surface area is 276 Å². The number of hydrogen-bond donors (Lipinski definition) is 2. The van der Waals surface area contributed by atoms with Gasteiger partial charge in [0.15, 0.2) is 11.4 Å². The van der Waals surface area contributed by atoms with E-state index in [0.717, 1.165) is 53.2 Å². The predicted octanol–water partition coefficient (Wildman–Crippen LogP) is 1.46. The number of amides is 1. The number of rotatable bonds is 8. The van der Waals surface area contributed by atoms with Gasteiger partial charge in [0.1, 0.15) is 5.82 Å². The molecule has 0 bridgehead atoms. The zero-order chi connectivity index (χ0) is 27.8. The van der Waals surface area contributed by atoms with Crippen molar-refractivity contribution < 1.29 is 61.0 Å². The van der Waals surface area contributed by atoms with Gasteiger partial charge in [-0.05, 0) is 45.3 Å². The van der Waals surface area contributed by atoms with Gasteiger partial charge in [-0.1, -0.05) is 49.7 Å². The number of anilines is 1. The first-order valence-electron chi connectivity index (χ1n) is 13.2. The van der Waals surface area contributed by atoms with Crippen molar-refractivity contribution in [2.75, 3.05) is 25.4 Å². The molecule has 1 aliphatic rings. The summed E-state index contributed by atoms with van der Waals surface area (Å²) in [5.74, 6) is 0.136. The Morgan fingerprint density at radius 1 is 1.12 bits per heavy atom. The first-order valence-corrected chi connectivity index (χ1v) is 13.2. The SMILES string of the molecule is CC(=O)c1c(C2CCN([O-])CC2)nc2c(-c3ccc(-c4ccccc4)nc3)cnn2c1N.CCCCNC=O.[K+]. The number of nitrogen functional groups attached to an aromatic ring is 1. The topological polar surface area (TPSA) is 142 Å². The van der Waals surface area contributed by atoms with E-state index in [1.165, 1.54) is 11.4 Å². The molecule has 1 fully saturated rings. The summed E-state index contributed by atoms with van der Waals surface area (Å²) in [7, 11) is 0. The van der Waals surface area contributed by atoms with Crippen LogP contribution in [0.1, 0.15) is 61.5 Å². The second-order valence-electron chi connectivity index (χ2n) is 9.53. The molecule has 40 heavy (non-hydrogen) atoms. The molecule has 11 heteroatoms. The van der Waals surface area contributed by atoms with Crippen molar-refractivity contribution in [3.63, 3.8) is 0 Å². The Morgan fingerprint density at radius 3 is 2.45 bits per heavy atom. The van der Waals surface area contributed by atoms with Crippen LogP contribution in [-0.4, -0.2) is 56.5 Å². The number of carbonyl (C=O) groups excluding carboxylic acids is 2. The molecule has 0 unspecified atom stereocenters. The molecule has 0 radical (unpaired) electrons. The molecule has 3 N–H and O–H groups in total. The van der Waals surface area contributed by atoms with Crippen molar-refractivity contribution in [3.8, 4) is 22.4 Å². The fourth-order valence-corrected chi connectivity index (χ4v) is 4.69. The van der Waals surface area contributed by atoms with Gasteiger partial charge in [-0.15, -0.1) is 0 Å². The van der Waals surface area contributed by atoms with Crippen LogP contribution < -0.4 is 62.4 Å². The summed E-state index contributed by atoms with van der Waals surface area (Å²) >= 11 is 0. The smallest absolute Gasteiger partial charge is 0.785 e. The molecule has 1 aromatic carbocycles. The summed E-state index contributed by atoms with van der Waals surface area (Å²) < 4.78 is 1.52. The number of carbonyl (C=O) groups is 2. The third-order valence-electron chi connectivity index (χ3n) is 6.81. The fourth-order valence-electron chi connectivity index (χ4n) is 4.69. The summed E-state index contributed by atoms with van der Waals surface area (Å²) in [5.41, 5.74) is 11.6. The molecule has 1 aliphatic heterocycles. The number of Topliss-reactive ketones (excluding diaryl/α,β-unsaturated/α-hetero) is 1. The normalized spacial score (nSPS) is 13.7. The van der Waals surface area contributed by atoms with Gasteiger partial charge in [0.25, 0.3) is 0 Å². The maximum Gasteiger partial charge on any atom is 1.00 e. The zero-order valence-corrected chi connectivity index (χ0v) is 26.5. The molecule has 0 atom stereocenters. The Morgan fingerprint density at radius 2 is 1.85 bits per heavy atom. The largest absolute Gasteiger partial charge is 1.00 e. The van der Waals surface area contributed by atoms with E-state index in [1.807, 2.05) is 42.5 Å². The molecule has 1 amide bonds. The minimum atomic E-state index is -0.151. The number of pyridine rings is 1. The van der Waals surface area contributed by atoms with Crippen LogP contribution in [0, 0.1) is 5.21 Å². The summed E-state index contributed by atoms with van der Waals surface area (Å²) in [6.45, 7) is 5.24. The minimum Gasteiger partial charge on any atom is -0.785 e. The number of unbranched alkanes of at least 4 members (excludes halogenated alkanes) is 1. The monoisotopic (exact) mass is 567 g/mol. The summed E-state index contributed by atoms with van der Waals surface area (Å²) in [4.78, 5) is 31.5. The number of fused-ring (bicyclic) bond motifs is 1. The van der Waals surface area contributed by atoms with Gasteiger partial charge < -0.3 is 21.3 Å². The number of nitrogens with two attached hydrogens (primary N) is 1. The average molecular weight is 568 g/mol. The first-order chi connectivity index (χ1) is 18.9. The van der Waals surface area contributed by atoms with E-state index in [1.54, 1.807) is 12.4 Å². The third-order valence-corrected chi connectivity index (χ3v) is 6.81. The average Bonchev–Trinajstić information content (AvgIpc) is 3.39. The van der Waals surface area contributed by atoms with Crippen LogP contribution in [0.25, 0.3) is 28.0 Å². The van der Waals surface area contributed by atoms with Crippen LogP contribution in [0.3, 0.4) is 0 Å². The van der Waals surface area contributed by atoms with Crippen molar-refractivity contribution in [1.82, 2.24) is 30.0 Å². The molecular weight excluding hydrogens is 533 g/mol. The van der Waals surface area contributed by atoms with E-state index < -0.39 is 0 Å². The second kappa shape index (κ2) is 15.5. The number of hydroxylamine groups is 2. The zero-order valence-electron chi connectivity index (χ0n) is 23.3. The van der Waals surface area contributed by atoms with Gasteiger partial charge in [0.2, 0.25) is 6.41 Å². The summed E-state index contributed by atoms with van der Waals surface area (Å²) in [6.07, 6.45) is 7.74. The molecule has 0 aliphatic carbocycles. The number of nitrogens with one attached hydrogen (secondary N) is 1. The van der Waals surface area contributed by atoms with Crippen LogP contribution in [-0.2, 0) is 4.79 Å². The number of benzene rings is 1. The van der Waals surface area contributed by atoms with Crippen LogP contribution in [0.5, 0.6) is 0 Å². The van der Waals surface area contributed by atoms with Gasteiger partial charge in [-0.3, -0.25) is 14.6 Å². The third kappa shape index (κ3) is 7.61. The molecule has 4 aromatic rings. The van der Waals surface area contributed by atoms with E-state index in [-0.39, 0.29) is 68.9 Å². The maximum absolute atomic E-state index is 12.4. The minimum absolute atomic E-state index is 0. The Balaban J connectivity index is 0.000000492. The number of ketones is 1. The molecule has 5 rings (SSSR count). The molecule has 10 nitrogen and oxygen atoms in total. The Bertz CT molecular complexity index is 1400. The molecule has 1 saturated heterocycles. The van der Waals surface area contributed by atoms with Gasteiger partial charge in [-0.2, -0.15) is 9.61 Å². The van der Waals surface area contributed by atoms with Crippen molar-refractivity contribution in [2.24, 2.45) is 0 Å². The number of piperidine rings is 1. The molecule has 4 heterocycles. The van der Waals surface area contributed by atoms with Crippen molar-refractivity contribution in [3.05, 3.63) is 71.3 Å². The van der Waals surface area contributed by atoms with E-state index in [9.17, 15) is 14.8 Å². The number of aromatic nitrogens is 4. The molecule has 204 valence electrons. The van der Waals surface area contributed by atoms with Crippen LogP contribution in [0.2, 0.25) is 0 Å². The van der Waals surface area contributed by atoms with E-state index in [0.29, 0.717) is 42.8 Å². The Kier molecular flexibility index (Phi) is 12.4. The van der Waals surface area contributed by atoms with Gasteiger partial charge in [-0.25, -0.2) is 4.98 Å². The van der Waals surface area contributed by atoms with E-state index >= 15 is 0 Å². The van der Waals surface area contributed by atoms with Crippen LogP contribution >= 0.6 is 0 Å². The van der Waals surface area contributed by atoms with Crippen LogP contribution in [0.4, 0.5) is 5.82 Å². The van der Waals surface area contributed by atoms with E-state index in [4.69, 9.17) is 10.7 Å². The number of hydrogen-bond acceptors (Lipinski definition) is 8. The Hall–Kier alpha value is -2.51. The summed E-state index contributed by atoms with van der Waals surface area (Å²) in [5, 5.41) is 19.7. The number of nitrogens with zero attached hydrogens (tertiary/aromatic N) is 5. The quantitative estimate of drug-likeness (QED) is 0.141. The molecule has 3 aromatic heterocycles. The van der Waals surface area contributed by atoms with Gasteiger partial charge >= 0.3 is 51.4 Å². The van der Waals surface area contributed by atoms with Crippen molar-refractivity contribution in [2.45, 2.75) is 45.4 Å². The molecule has 0 spiro atoms. The van der Waals surface area contributed by atoms with Gasteiger partial charge in [0.05, 0.1) is 23.1 Å². The molecular formula is C29H34KN7O3. The molecule has 0 saturated carbocycles. The van der Waals surface area contributed by atoms with E-state index in [2.05, 4.69) is 22.3 Å².